The number of amides is 1. The molecule has 2 aromatic carbocycles. The van der Waals surface area contributed by atoms with E-state index in [1.165, 1.54) is 6.07 Å². The molecule has 3 aromatic heterocycles. The van der Waals surface area contributed by atoms with Crippen LogP contribution < -0.4 is 9.64 Å². The number of hydrogen-bond acceptors (Lipinski definition) is 11. The minimum absolute atomic E-state index is 0.0743. The lowest BCUT2D eigenvalue weighted by atomic mass is 9.99. The summed E-state index contributed by atoms with van der Waals surface area (Å²) in [6.07, 6.45) is 5.70. The van der Waals surface area contributed by atoms with Gasteiger partial charge in [-0.3, -0.25) is 0 Å². The molecule has 0 spiro atoms. The smallest absolute Gasteiger partial charge is 0.410 e. The number of nitriles is 1. The van der Waals surface area contributed by atoms with Crippen LogP contribution in [0, 0.1) is 17.1 Å². The quantitative estimate of drug-likeness (QED) is 0.169. The van der Waals surface area contributed by atoms with Gasteiger partial charge in [-0.2, -0.15) is 20.3 Å². The summed E-state index contributed by atoms with van der Waals surface area (Å²) in [6.45, 7) is 2.96. The highest BCUT2D eigenvalue weighted by atomic mass is 35.5. The maximum absolute atomic E-state index is 15.6. The highest BCUT2D eigenvalue weighted by molar-refractivity contribution is 6.32. The molecule has 0 saturated carbocycles. The zero-order valence-electron chi connectivity index (χ0n) is 30.5. The predicted molar refractivity (Wildman–Crippen MR) is 202 cm³/mol. The Labute approximate surface area is 322 Å². The molecule has 1 amide bonds. The van der Waals surface area contributed by atoms with Crippen LogP contribution >= 0.6 is 11.6 Å². The maximum Gasteiger partial charge on any atom is 0.410 e. The molecule has 8 rings (SSSR count). The summed E-state index contributed by atoms with van der Waals surface area (Å²) < 4.78 is 35.1. The third-order valence-electron chi connectivity index (χ3n) is 11.0. The number of aliphatic hydroxyl groups is 1. The molecule has 3 aliphatic rings. The first-order valence-electron chi connectivity index (χ1n) is 18.8. The SMILES string of the molecule is CN1CCC[C@H]1COc1nc(N2CCN(C(=O)OCc3ccccc3)[C@@H](CC#N)C2)c2[nH]cc(C(O)c3c(Cl)c(F)cc4c3cnn4C3CCCCO3)c2n1. The fourth-order valence-electron chi connectivity index (χ4n) is 7.94. The molecule has 2 unspecified atom stereocenters. The number of halogens is 2. The number of nitrogens with zero attached hydrogens (tertiary/aromatic N) is 8. The van der Waals surface area contributed by atoms with Crippen LogP contribution in [-0.2, 0) is 16.1 Å². The Balaban J connectivity index is 1.13. The number of ether oxygens (including phenoxy) is 3. The molecular weight excluding hydrogens is 729 g/mol. The van der Waals surface area contributed by atoms with Crippen molar-refractivity contribution in [1.82, 2.24) is 34.5 Å². The zero-order chi connectivity index (χ0) is 38.1. The van der Waals surface area contributed by atoms with Crippen molar-refractivity contribution in [3.63, 3.8) is 0 Å². The van der Waals surface area contributed by atoms with Crippen molar-refractivity contribution in [1.29, 1.82) is 5.26 Å². The van der Waals surface area contributed by atoms with E-state index in [0.717, 1.165) is 44.2 Å². The molecule has 14 nitrogen and oxygen atoms in total. The Bertz CT molecular complexity index is 2200. The van der Waals surface area contributed by atoms with Crippen LogP contribution in [0.15, 0.2) is 48.8 Å². The van der Waals surface area contributed by atoms with Gasteiger partial charge < -0.3 is 39.0 Å². The molecule has 0 bridgehead atoms. The predicted octanol–water partition coefficient (Wildman–Crippen LogP) is 6.09. The van der Waals surface area contributed by atoms with Crippen molar-refractivity contribution in [3.05, 3.63) is 76.3 Å². The lowest BCUT2D eigenvalue weighted by Gasteiger charge is -2.40. The first-order valence-corrected chi connectivity index (χ1v) is 19.1. The molecule has 0 aliphatic carbocycles. The molecule has 288 valence electrons. The number of benzene rings is 2. The fourth-order valence-corrected chi connectivity index (χ4v) is 8.20. The molecule has 3 fully saturated rings. The summed E-state index contributed by atoms with van der Waals surface area (Å²) >= 11 is 6.64. The second-order valence-corrected chi connectivity index (χ2v) is 14.8. The second kappa shape index (κ2) is 16.0. The molecule has 2 N–H and O–H groups in total. The molecule has 55 heavy (non-hydrogen) atoms. The number of piperazine rings is 1. The van der Waals surface area contributed by atoms with E-state index in [1.54, 1.807) is 22.0 Å². The van der Waals surface area contributed by atoms with Gasteiger partial charge in [0.05, 0.1) is 35.3 Å². The molecule has 3 saturated heterocycles. The van der Waals surface area contributed by atoms with E-state index >= 15 is 4.39 Å². The summed E-state index contributed by atoms with van der Waals surface area (Å²) in [4.78, 5) is 32.0. The van der Waals surface area contributed by atoms with Crippen LogP contribution in [0.4, 0.5) is 15.0 Å². The molecule has 0 radical (unpaired) electrons. The van der Waals surface area contributed by atoms with Crippen molar-refractivity contribution in [3.8, 4) is 12.1 Å². The Kier molecular flexibility index (Phi) is 10.7. The van der Waals surface area contributed by atoms with Gasteiger partial charge in [0.2, 0.25) is 0 Å². The van der Waals surface area contributed by atoms with Crippen LogP contribution in [0.1, 0.15) is 67.5 Å². The number of nitrogens with one attached hydrogen (secondary N) is 1. The highest BCUT2D eigenvalue weighted by Gasteiger charge is 2.35. The van der Waals surface area contributed by atoms with E-state index in [0.29, 0.717) is 53.1 Å². The van der Waals surface area contributed by atoms with Gasteiger partial charge in [0.25, 0.3) is 0 Å². The van der Waals surface area contributed by atoms with Gasteiger partial charge in [0.1, 0.15) is 36.2 Å². The summed E-state index contributed by atoms with van der Waals surface area (Å²) in [5, 5.41) is 26.7. The normalized spacial score (nSPS) is 21.3. The Morgan fingerprint density at radius 1 is 1.16 bits per heavy atom. The average molecular weight is 772 g/mol. The molecule has 3 aliphatic heterocycles. The highest BCUT2D eigenvalue weighted by Crippen LogP contribution is 2.41. The number of anilines is 1. The number of carbonyl (C=O) groups excluding carboxylic acids is 1. The molecule has 16 heteroatoms. The van der Waals surface area contributed by atoms with E-state index in [2.05, 4.69) is 28.1 Å². The number of aromatic nitrogens is 5. The number of likely N-dealkylation sites (N-methyl/N-ethyl adjacent to an activating group) is 1. The lowest BCUT2D eigenvalue weighted by molar-refractivity contribution is -0.0367. The first-order chi connectivity index (χ1) is 26.8. The summed E-state index contributed by atoms with van der Waals surface area (Å²) in [7, 11) is 2.06. The number of aliphatic hydroxyl groups excluding tert-OH is 1. The number of aromatic amines is 1. The van der Waals surface area contributed by atoms with E-state index in [1.807, 2.05) is 35.2 Å². The number of hydrogen-bond donors (Lipinski definition) is 2. The summed E-state index contributed by atoms with van der Waals surface area (Å²) in [6, 6.07) is 12.8. The first kappa shape index (κ1) is 36.9. The van der Waals surface area contributed by atoms with E-state index in [4.69, 9.17) is 35.8 Å². The van der Waals surface area contributed by atoms with Crippen LogP contribution in [-0.4, -0.2) is 104 Å². The molecule has 4 atom stereocenters. The fraction of sp³-hybridized carbons (Fsp3) is 0.462. The van der Waals surface area contributed by atoms with Crippen LogP contribution in [0.2, 0.25) is 5.02 Å². The van der Waals surface area contributed by atoms with E-state index in [-0.39, 0.29) is 55.0 Å². The average Bonchev–Trinajstić information content (AvgIpc) is 3.95. The second-order valence-electron chi connectivity index (χ2n) is 14.4. The molecular formula is C39H43ClFN9O5. The minimum atomic E-state index is -1.41. The Hall–Kier alpha value is -5.01. The number of H-pyrrole nitrogens is 1. The van der Waals surface area contributed by atoms with Gasteiger partial charge in [0.15, 0.2) is 12.0 Å². The van der Waals surface area contributed by atoms with Gasteiger partial charge in [-0.15, -0.1) is 0 Å². The van der Waals surface area contributed by atoms with Crippen molar-refractivity contribution in [2.24, 2.45) is 0 Å². The summed E-state index contributed by atoms with van der Waals surface area (Å²) in [5.74, 6) is -0.208. The third kappa shape index (κ3) is 7.39. The Morgan fingerprint density at radius 2 is 2.02 bits per heavy atom. The largest absolute Gasteiger partial charge is 0.462 e. The van der Waals surface area contributed by atoms with Crippen molar-refractivity contribution >= 4 is 45.4 Å². The van der Waals surface area contributed by atoms with Crippen molar-refractivity contribution < 1.29 is 28.5 Å². The van der Waals surface area contributed by atoms with Crippen LogP contribution in [0.3, 0.4) is 0 Å². The number of likely N-dealkylation sites (tertiary alicyclic amines) is 1. The van der Waals surface area contributed by atoms with Gasteiger partial charge in [-0.1, -0.05) is 41.9 Å². The zero-order valence-corrected chi connectivity index (χ0v) is 31.3. The maximum atomic E-state index is 15.6. The molecule has 5 aromatic rings. The Morgan fingerprint density at radius 3 is 2.78 bits per heavy atom. The standard InChI is InChI=1S/C39H43ClFN9O5/c1-47-14-7-10-26(47)23-54-38-45-34-28(36(51)32-27-20-44-50(31-11-5-6-17-53-31)30(27)18-29(41)33(32)40)19-43-35(34)37(46-38)48-15-16-49(25(21-48)12-13-42)39(52)55-22-24-8-3-2-4-9-24/h2-4,8-9,18-20,25-26,31,36,43,51H,5-7,10-12,14-17,21-23H2,1H3/t25-,26-,31?,36?/m0/s1. The van der Waals surface area contributed by atoms with Crippen molar-refractivity contribution in [2.75, 3.05) is 51.3 Å². The van der Waals surface area contributed by atoms with Crippen molar-refractivity contribution in [2.45, 2.75) is 69.5 Å². The summed E-state index contributed by atoms with van der Waals surface area (Å²) in [5.41, 5.74) is 2.70. The van der Waals surface area contributed by atoms with Gasteiger partial charge in [-0.25, -0.2) is 13.9 Å². The number of carbonyl (C=O) groups is 1. The van der Waals surface area contributed by atoms with E-state index < -0.39 is 24.1 Å². The third-order valence-corrected chi connectivity index (χ3v) is 11.4. The minimum Gasteiger partial charge on any atom is -0.462 e. The topological polar surface area (TPSA) is 158 Å². The van der Waals surface area contributed by atoms with Crippen LogP contribution in [0.25, 0.3) is 21.9 Å². The van der Waals surface area contributed by atoms with E-state index in [9.17, 15) is 15.2 Å². The van der Waals surface area contributed by atoms with Gasteiger partial charge in [-0.05, 0) is 51.3 Å². The van der Waals surface area contributed by atoms with Gasteiger partial charge in [0, 0.05) is 61.1 Å². The van der Waals surface area contributed by atoms with Crippen LogP contribution in [0.5, 0.6) is 6.01 Å². The number of fused-ring (bicyclic) bond motifs is 2. The number of rotatable bonds is 10. The monoisotopic (exact) mass is 771 g/mol. The lowest BCUT2D eigenvalue weighted by Crippen LogP contribution is -2.55. The molecule has 6 heterocycles. The van der Waals surface area contributed by atoms with Gasteiger partial charge >= 0.3 is 12.1 Å².